The molecule has 4 aromatic rings. The largest absolute Gasteiger partial charge is 0.461 e. The standard InChI is InChI=1S/C48H60BrN3O11/c1-37(61-45(54)48(2,3)49)28-44(53)52(26-24-50-46(55)62-42(33-57-29-38-16-8-4-9-17-38)34-58-30-39-18-10-5-11-19-39)27-25-51-47(56)63-43(35-59-31-40-20-12-6-13-21-40)36-60-32-41-22-14-7-15-23-41/h4-23,37,42-43H,24-36H2,1-3H3,(H,50,55)(H,51,56). The molecule has 0 aliphatic rings. The Balaban J connectivity index is 1.31. The second-order valence-corrected chi connectivity index (χ2v) is 17.2. The van der Waals surface area contributed by atoms with Crippen LogP contribution in [0.4, 0.5) is 9.59 Å². The van der Waals surface area contributed by atoms with E-state index in [0.29, 0.717) is 26.4 Å². The molecule has 4 rings (SSSR count). The molecule has 1 atom stereocenters. The molecule has 0 radical (unpaired) electrons. The SMILES string of the molecule is CC(CC(=O)N(CCNC(=O)OC(COCc1ccccc1)COCc1ccccc1)CCNC(=O)OC(COCc1ccccc1)COCc1ccccc1)OC(=O)C(C)(C)Br. The number of nitrogens with zero attached hydrogens (tertiary/aromatic N) is 1. The van der Waals surface area contributed by atoms with Crippen molar-refractivity contribution in [2.45, 2.75) is 76.3 Å². The lowest BCUT2D eigenvalue weighted by atomic mass is 10.2. The molecule has 63 heavy (non-hydrogen) atoms. The maximum Gasteiger partial charge on any atom is 0.407 e. The molecule has 4 aromatic carbocycles. The Kier molecular flexibility index (Phi) is 22.7. The first kappa shape index (κ1) is 50.3. The molecule has 0 aromatic heterocycles. The van der Waals surface area contributed by atoms with Crippen molar-refractivity contribution in [1.29, 1.82) is 0 Å². The second kappa shape index (κ2) is 28.4. The minimum Gasteiger partial charge on any atom is -0.461 e. The summed E-state index contributed by atoms with van der Waals surface area (Å²) in [6.07, 6.45) is -3.79. The van der Waals surface area contributed by atoms with Crippen LogP contribution in [0.1, 0.15) is 49.4 Å². The third-order valence-corrected chi connectivity index (χ3v) is 9.44. The van der Waals surface area contributed by atoms with Gasteiger partial charge in [0.25, 0.3) is 0 Å². The number of benzene rings is 4. The molecule has 2 N–H and O–H groups in total. The number of nitrogens with one attached hydrogen (secondary N) is 2. The summed E-state index contributed by atoms with van der Waals surface area (Å²) >= 11 is 3.29. The number of carbonyl (C=O) groups is 4. The molecule has 3 amide bonds. The molecule has 14 nitrogen and oxygen atoms in total. The van der Waals surface area contributed by atoms with E-state index in [0.717, 1.165) is 22.3 Å². The van der Waals surface area contributed by atoms with Crippen LogP contribution in [0.2, 0.25) is 0 Å². The van der Waals surface area contributed by atoms with Gasteiger partial charge in [-0.15, -0.1) is 0 Å². The van der Waals surface area contributed by atoms with Crippen molar-refractivity contribution in [2.75, 3.05) is 52.6 Å². The lowest BCUT2D eigenvalue weighted by Gasteiger charge is -2.26. The summed E-state index contributed by atoms with van der Waals surface area (Å²) in [6, 6.07) is 38.5. The Labute approximate surface area is 379 Å². The van der Waals surface area contributed by atoms with Gasteiger partial charge in [0, 0.05) is 26.2 Å². The van der Waals surface area contributed by atoms with Gasteiger partial charge in [-0.3, -0.25) is 9.59 Å². The van der Waals surface area contributed by atoms with Gasteiger partial charge in [0.05, 0.1) is 59.3 Å². The van der Waals surface area contributed by atoms with Crippen LogP contribution in [0.25, 0.3) is 0 Å². The van der Waals surface area contributed by atoms with E-state index in [1.165, 1.54) is 4.90 Å². The summed E-state index contributed by atoms with van der Waals surface area (Å²) in [5.74, 6) is -0.885. The summed E-state index contributed by atoms with van der Waals surface area (Å²) in [7, 11) is 0. The molecule has 340 valence electrons. The van der Waals surface area contributed by atoms with Gasteiger partial charge in [-0.25, -0.2) is 9.59 Å². The normalized spacial score (nSPS) is 11.8. The van der Waals surface area contributed by atoms with Crippen molar-refractivity contribution < 1.29 is 52.3 Å². The first-order chi connectivity index (χ1) is 30.4. The predicted octanol–water partition coefficient (Wildman–Crippen LogP) is 7.37. The minimum absolute atomic E-state index is 0.0136. The molecular weight excluding hydrogens is 874 g/mol. The van der Waals surface area contributed by atoms with Crippen molar-refractivity contribution >= 4 is 40.0 Å². The van der Waals surface area contributed by atoms with Crippen LogP contribution < -0.4 is 10.6 Å². The molecular formula is C48H60BrN3O11. The van der Waals surface area contributed by atoms with E-state index < -0.39 is 40.8 Å². The van der Waals surface area contributed by atoms with E-state index >= 15 is 0 Å². The van der Waals surface area contributed by atoms with Gasteiger partial charge in [0.2, 0.25) is 5.91 Å². The van der Waals surface area contributed by atoms with Crippen molar-refractivity contribution in [3.63, 3.8) is 0 Å². The lowest BCUT2D eigenvalue weighted by Crippen LogP contribution is -2.45. The van der Waals surface area contributed by atoms with Crippen LogP contribution in [-0.4, -0.2) is 104 Å². The Morgan fingerprint density at radius 1 is 0.540 bits per heavy atom. The van der Waals surface area contributed by atoms with E-state index in [-0.39, 0.29) is 64.9 Å². The molecule has 0 spiro atoms. The molecule has 0 bridgehead atoms. The van der Waals surface area contributed by atoms with Gasteiger partial charge < -0.3 is 48.7 Å². The van der Waals surface area contributed by atoms with Crippen LogP contribution in [0.15, 0.2) is 121 Å². The molecule has 1 unspecified atom stereocenters. The number of alkyl carbamates (subject to hydrolysis) is 2. The summed E-state index contributed by atoms with van der Waals surface area (Å²) < 4.78 is 39.5. The fourth-order valence-corrected chi connectivity index (χ4v) is 5.93. The van der Waals surface area contributed by atoms with Crippen molar-refractivity contribution in [3.8, 4) is 0 Å². The zero-order valence-corrected chi connectivity index (χ0v) is 37.9. The number of halogens is 1. The van der Waals surface area contributed by atoms with Gasteiger partial charge >= 0.3 is 18.2 Å². The molecule has 15 heteroatoms. The Morgan fingerprint density at radius 2 is 0.857 bits per heavy atom. The first-order valence-corrected chi connectivity index (χ1v) is 21.8. The van der Waals surface area contributed by atoms with Crippen LogP contribution in [-0.2, 0) is 69.2 Å². The smallest absolute Gasteiger partial charge is 0.407 e. The monoisotopic (exact) mass is 933 g/mol. The number of hydrogen-bond donors (Lipinski definition) is 2. The molecule has 0 saturated heterocycles. The zero-order chi connectivity index (χ0) is 45.1. The van der Waals surface area contributed by atoms with Gasteiger partial charge in [0.15, 0.2) is 12.2 Å². The number of esters is 1. The number of ether oxygens (including phenoxy) is 7. The van der Waals surface area contributed by atoms with Gasteiger partial charge in [0.1, 0.15) is 10.4 Å². The number of rotatable bonds is 28. The molecule has 0 fully saturated rings. The molecule has 0 aliphatic carbocycles. The van der Waals surface area contributed by atoms with Crippen LogP contribution in [0, 0.1) is 0 Å². The quantitative estimate of drug-likeness (QED) is 0.0333. The highest BCUT2D eigenvalue weighted by Crippen LogP contribution is 2.19. The zero-order valence-electron chi connectivity index (χ0n) is 36.3. The highest BCUT2D eigenvalue weighted by molar-refractivity contribution is 9.10. The second-order valence-electron chi connectivity index (χ2n) is 15.2. The van der Waals surface area contributed by atoms with E-state index in [2.05, 4.69) is 26.6 Å². The predicted molar refractivity (Wildman–Crippen MR) is 241 cm³/mol. The molecule has 0 aliphatic heterocycles. The average Bonchev–Trinajstić information content (AvgIpc) is 3.26. The first-order valence-electron chi connectivity index (χ1n) is 21.0. The Hall–Kier alpha value is -5.32. The average molecular weight is 935 g/mol. The van der Waals surface area contributed by atoms with E-state index in [1.807, 2.05) is 121 Å². The maximum absolute atomic E-state index is 13.6. The summed E-state index contributed by atoms with van der Waals surface area (Å²) in [5, 5.41) is 5.42. The van der Waals surface area contributed by atoms with Crippen molar-refractivity contribution in [3.05, 3.63) is 144 Å². The van der Waals surface area contributed by atoms with Crippen molar-refractivity contribution in [2.24, 2.45) is 0 Å². The number of amides is 3. The van der Waals surface area contributed by atoms with E-state index in [9.17, 15) is 19.2 Å². The highest BCUT2D eigenvalue weighted by Gasteiger charge is 2.29. The Morgan fingerprint density at radius 3 is 1.16 bits per heavy atom. The van der Waals surface area contributed by atoms with E-state index in [4.69, 9.17) is 33.2 Å². The Bertz CT molecular complexity index is 1700. The lowest BCUT2D eigenvalue weighted by molar-refractivity contribution is -0.152. The summed E-state index contributed by atoms with van der Waals surface area (Å²) in [5.41, 5.74) is 3.88. The van der Waals surface area contributed by atoms with E-state index in [1.54, 1.807) is 20.8 Å². The van der Waals surface area contributed by atoms with Crippen LogP contribution in [0.3, 0.4) is 0 Å². The van der Waals surface area contributed by atoms with Gasteiger partial charge in [-0.2, -0.15) is 0 Å². The number of alkyl halides is 1. The number of carbonyl (C=O) groups excluding carboxylic acids is 4. The maximum atomic E-state index is 13.6. The van der Waals surface area contributed by atoms with Gasteiger partial charge in [-0.05, 0) is 43.0 Å². The minimum atomic E-state index is -0.938. The summed E-state index contributed by atoms with van der Waals surface area (Å²) in [4.78, 5) is 53.7. The van der Waals surface area contributed by atoms with Crippen LogP contribution in [0.5, 0.6) is 0 Å². The topological polar surface area (TPSA) is 160 Å². The fourth-order valence-electron chi connectivity index (χ4n) is 5.83. The number of hydrogen-bond acceptors (Lipinski definition) is 11. The summed E-state index contributed by atoms with van der Waals surface area (Å²) in [6.45, 7) is 6.71. The third kappa shape index (κ3) is 21.5. The highest BCUT2D eigenvalue weighted by atomic mass is 79.9. The van der Waals surface area contributed by atoms with Crippen LogP contribution >= 0.6 is 15.9 Å². The molecule has 0 saturated carbocycles. The fraction of sp³-hybridized carbons (Fsp3) is 0.417. The van der Waals surface area contributed by atoms with Crippen molar-refractivity contribution in [1.82, 2.24) is 15.5 Å². The van der Waals surface area contributed by atoms with Gasteiger partial charge in [-0.1, -0.05) is 137 Å². The molecule has 0 heterocycles. The third-order valence-electron chi connectivity index (χ3n) is 9.12.